The lowest BCUT2D eigenvalue weighted by Gasteiger charge is -2.33. The minimum absolute atomic E-state index is 0.829. The van der Waals surface area contributed by atoms with Crippen LogP contribution in [0.3, 0.4) is 0 Å². The maximum absolute atomic E-state index is 4.20. The third kappa shape index (κ3) is 3.04. The highest BCUT2D eigenvalue weighted by atomic mass is 32.1. The van der Waals surface area contributed by atoms with Crippen molar-refractivity contribution in [1.29, 1.82) is 0 Å². The lowest BCUT2D eigenvalue weighted by molar-refractivity contribution is 0.260. The fraction of sp³-hybridized carbons (Fsp3) is 1.00. The topological polar surface area (TPSA) is 12.0 Å². The van der Waals surface area contributed by atoms with Crippen molar-refractivity contribution in [1.82, 2.24) is 5.32 Å². The zero-order chi connectivity index (χ0) is 8.10. The number of rotatable bonds is 5. The molecule has 0 aromatic carbocycles. The third-order valence-electron chi connectivity index (χ3n) is 2.62. The van der Waals surface area contributed by atoms with Gasteiger partial charge in [-0.3, -0.25) is 0 Å². The van der Waals surface area contributed by atoms with Crippen molar-refractivity contribution in [2.45, 2.75) is 38.6 Å². The average molecular weight is 173 g/mol. The van der Waals surface area contributed by atoms with Crippen molar-refractivity contribution >= 4 is 12.6 Å². The summed E-state index contributed by atoms with van der Waals surface area (Å²) in [5.74, 6) is 1.92. The van der Waals surface area contributed by atoms with Gasteiger partial charge in [-0.25, -0.2) is 0 Å². The molecular formula is C9H19NS. The van der Waals surface area contributed by atoms with Crippen LogP contribution in [0.1, 0.15) is 32.6 Å². The molecule has 0 bridgehead atoms. The predicted molar refractivity (Wildman–Crippen MR) is 53.3 cm³/mol. The summed E-state index contributed by atoms with van der Waals surface area (Å²) in [7, 11) is 0. The van der Waals surface area contributed by atoms with Crippen LogP contribution in [0.2, 0.25) is 0 Å². The van der Waals surface area contributed by atoms with Gasteiger partial charge in [-0.05, 0) is 37.5 Å². The summed E-state index contributed by atoms with van der Waals surface area (Å²) in [5, 5.41) is 3.45. The van der Waals surface area contributed by atoms with Crippen LogP contribution < -0.4 is 5.32 Å². The van der Waals surface area contributed by atoms with Crippen LogP contribution in [-0.4, -0.2) is 18.3 Å². The minimum Gasteiger partial charge on any atom is -0.314 e. The Morgan fingerprint density at radius 1 is 1.55 bits per heavy atom. The van der Waals surface area contributed by atoms with E-state index >= 15 is 0 Å². The molecular weight excluding hydrogens is 154 g/mol. The number of thiol groups is 1. The van der Waals surface area contributed by atoms with Crippen LogP contribution in [0.15, 0.2) is 0 Å². The molecule has 1 aliphatic rings. The number of hydrogen-bond donors (Lipinski definition) is 2. The number of nitrogens with one attached hydrogen (secondary N) is 1. The molecule has 0 aliphatic carbocycles. The van der Waals surface area contributed by atoms with E-state index in [1.807, 2.05) is 0 Å². The lowest BCUT2D eigenvalue weighted by atomic mass is 9.89. The lowest BCUT2D eigenvalue weighted by Crippen LogP contribution is -2.47. The van der Waals surface area contributed by atoms with Crippen LogP contribution in [0.5, 0.6) is 0 Å². The summed E-state index contributed by atoms with van der Waals surface area (Å²) >= 11 is 4.20. The van der Waals surface area contributed by atoms with Crippen molar-refractivity contribution in [3.05, 3.63) is 0 Å². The van der Waals surface area contributed by atoms with Crippen LogP contribution in [0.4, 0.5) is 0 Å². The first kappa shape index (κ1) is 9.40. The first-order chi connectivity index (χ1) is 5.34. The van der Waals surface area contributed by atoms with Crippen molar-refractivity contribution in [3.8, 4) is 0 Å². The fourth-order valence-corrected chi connectivity index (χ4v) is 1.80. The minimum atomic E-state index is 0.829. The molecule has 2 unspecified atom stereocenters. The van der Waals surface area contributed by atoms with Gasteiger partial charge in [0.25, 0.3) is 0 Å². The highest BCUT2D eigenvalue weighted by Crippen LogP contribution is 2.19. The summed E-state index contributed by atoms with van der Waals surface area (Å²) in [4.78, 5) is 0. The van der Waals surface area contributed by atoms with Gasteiger partial charge in [0.2, 0.25) is 0 Å². The quantitative estimate of drug-likeness (QED) is 0.479. The Balaban J connectivity index is 1.96. The van der Waals surface area contributed by atoms with Gasteiger partial charge in [-0.15, -0.1) is 0 Å². The van der Waals surface area contributed by atoms with Gasteiger partial charge in [0.15, 0.2) is 0 Å². The predicted octanol–water partition coefficient (Wildman–Crippen LogP) is 2.08. The van der Waals surface area contributed by atoms with Crippen molar-refractivity contribution < 1.29 is 0 Å². The summed E-state index contributed by atoms with van der Waals surface area (Å²) in [6.07, 6.45) is 5.39. The third-order valence-corrected chi connectivity index (χ3v) is 2.93. The van der Waals surface area contributed by atoms with E-state index in [0.717, 1.165) is 17.7 Å². The maximum atomic E-state index is 4.20. The summed E-state index contributed by atoms with van der Waals surface area (Å²) in [6.45, 7) is 3.59. The van der Waals surface area contributed by atoms with E-state index in [4.69, 9.17) is 0 Å². The zero-order valence-electron chi connectivity index (χ0n) is 7.34. The van der Waals surface area contributed by atoms with Gasteiger partial charge in [0.1, 0.15) is 0 Å². The number of unbranched alkanes of at least 4 members (excludes halogenated alkanes) is 1. The molecule has 1 aliphatic heterocycles. The summed E-state index contributed by atoms with van der Waals surface area (Å²) < 4.78 is 0. The van der Waals surface area contributed by atoms with E-state index in [-0.39, 0.29) is 0 Å². The van der Waals surface area contributed by atoms with Gasteiger partial charge in [0.05, 0.1) is 0 Å². The molecule has 0 saturated carbocycles. The maximum Gasteiger partial charge on any atom is 0.0105 e. The molecule has 0 aromatic rings. The molecule has 1 nitrogen and oxygen atoms in total. The summed E-state index contributed by atoms with van der Waals surface area (Å²) in [5.41, 5.74) is 0. The molecule has 1 rings (SSSR count). The van der Waals surface area contributed by atoms with Gasteiger partial charge in [-0.1, -0.05) is 13.3 Å². The van der Waals surface area contributed by atoms with Gasteiger partial charge in [-0.2, -0.15) is 12.6 Å². The number of hydrogen-bond acceptors (Lipinski definition) is 2. The molecule has 2 atom stereocenters. The SMILES string of the molecule is CC(CCCCS)C1CCN1. The van der Waals surface area contributed by atoms with E-state index < -0.39 is 0 Å². The highest BCUT2D eigenvalue weighted by Gasteiger charge is 2.21. The smallest absolute Gasteiger partial charge is 0.0105 e. The van der Waals surface area contributed by atoms with Crippen molar-refractivity contribution in [3.63, 3.8) is 0 Å². The molecule has 1 fully saturated rings. The first-order valence-electron chi connectivity index (χ1n) is 4.69. The molecule has 1 N–H and O–H groups in total. The van der Waals surface area contributed by atoms with Crippen LogP contribution in [0.25, 0.3) is 0 Å². The Kier molecular flexibility index (Phi) is 4.31. The van der Waals surface area contributed by atoms with E-state index in [1.165, 1.54) is 32.2 Å². The van der Waals surface area contributed by atoms with Gasteiger partial charge >= 0.3 is 0 Å². The average Bonchev–Trinajstić information content (AvgIpc) is 1.84. The molecule has 2 heteroatoms. The summed E-state index contributed by atoms with van der Waals surface area (Å²) in [6, 6.07) is 0.829. The highest BCUT2D eigenvalue weighted by molar-refractivity contribution is 7.80. The monoisotopic (exact) mass is 173 g/mol. The van der Waals surface area contributed by atoms with Crippen LogP contribution in [0, 0.1) is 5.92 Å². The molecule has 11 heavy (non-hydrogen) atoms. The second-order valence-electron chi connectivity index (χ2n) is 3.55. The molecule has 0 amide bonds. The first-order valence-corrected chi connectivity index (χ1v) is 5.32. The Hall–Kier alpha value is 0.310. The largest absolute Gasteiger partial charge is 0.314 e. The Morgan fingerprint density at radius 3 is 2.73 bits per heavy atom. The molecule has 66 valence electrons. The molecule has 1 saturated heterocycles. The molecule has 0 spiro atoms. The van der Waals surface area contributed by atoms with Gasteiger partial charge < -0.3 is 5.32 Å². The fourth-order valence-electron chi connectivity index (χ4n) is 1.58. The Morgan fingerprint density at radius 2 is 2.27 bits per heavy atom. The molecule has 0 radical (unpaired) electrons. The standard InChI is InChI=1S/C9H19NS/c1-8(4-2-3-7-11)9-5-6-10-9/h8-11H,2-7H2,1H3. The Labute approximate surface area is 75.4 Å². The molecule has 1 heterocycles. The van der Waals surface area contributed by atoms with Crippen LogP contribution >= 0.6 is 12.6 Å². The van der Waals surface area contributed by atoms with Crippen molar-refractivity contribution in [2.75, 3.05) is 12.3 Å². The second-order valence-corrected chi connectivity index (χ2v) is 3.99. The van der Waals surface area contributed by atoms with Gasteiger partial charge in [0, 0.05) is 6.04 Å². The van der Waals surface area contributed by atoms with E-state index in [2.05, 4.69) is 24.9 Å². The van der Waals surface area contributed by atoms with E-state index in [9.17, 15) is 0 Å². The Bertz CT molecular complexity index is 102. The van der Waals surface area contributed by atoms with Crippen molar-refractivity contribution in [2.24, 2.45) is 5.92 Å². The van der Waals surface area contributed by atoms with Crippen LogP contribution in [-0.2, 0) is 0 Å². The molecule has 0 aromatic heterocycles. The zero-order valence-corrected chi connectivity index (χ0v) is 8.24. The second kappa shape index (κ2) is 5.04. The van der Waals surface area contributed by atoms with E-state index in [0.29, 0.717) is 0 Å². The normalized spacial score (nSPS) is 26.2. The van der Waals surface area contributed by atoms with E-state index in [1.54, 1.807) is 0 Å².